The molecule has 1 aromatic carbocycles. The van der Waals surface area contributed by atoms with E-state index < -0.39 is 0 Å². The van der Waals surface area contributed by atoms with Gasteiger partial charge in [0, 0.05) is 11.6 Å². The lowest BCUT2D eigenvalue weighted by atomic mass is 9.85. The average molecular weight is 271 g/mol. The number of aryl methyl sites for hydroxylation is 1. The largest absolute Gasteiger partial charge is 0.439 e. The van der Waals surface area contributed by atoms with Gasteiger partial charge in [-0.05, 0) is 23.5 Å². The van der Waals surface area contributed by atoms with Crippen LogP contribution in [0.3, 0.4) is 0 Å². The van der Waals surface area contributed by atoms with E-state index in [-0.39, 0.29) is 5.41 Å². The maximum Gasteiger partial charge on any atom is 0.224 e. The van der Waals surface area contributed by atoms with Crippen LogP contribution in [0.4, 0.5) is 5.82 Å². The molecular formula is C16H21N3O. The van der Waals surface area contributed by atoms with Crippen molar-refractivity contribution in [2.75, 3.05) is 5.73 Å². The maximum atomic E-state index is 5.89. The number of hydrogen-bond donors (Lipinski definition) is 1. The van der Waals surface area contributed by atoms with E-state index in [0.29, 0.717) is 11.7 Å². The fraction of sp³-hybridized carbons (Fsp3) is 0.375. The first-order chi connectivity index (χ1) is 9.40. The van der Waals surface area contributed by atoms with Crippen LogP contribution < -0.4 is 10.5 Å². The number of ether oxygens (including phenoxy) is 1. The van der Waals surface area contributed by atoms with Crippen molar-refractivity contribution >= 4 is 5.82 Å². The van der Waals surface area contributed by atoms with Gasteiger partial charge in [-0.25, -0.2) is 9.97 Å². The Bertz CT molecular complexity index is 603. The minimum atomic E-state index is -0.000904. The molecule has 0 aliphatic rings. The van der Waals surface area contributed by atoms with Crippen LogP contribution in [0.15, 0.2) is 30.6 Å². The molecule has 2 N–H and O–H groups in total. The second-order valence-corrected chi connectivity index (χ2v) is 5.82. The van der Waals surface area contributed by atoms with Crippen molar-refractivity contribution in [2.24, 2.45) is 0 Å². The second kappa shape index (κ2) is 5.49. The number of nitrogens with zero attached hydrogens (tertiary/aromatic N) is 2. The van der Waals surface area contributed by atoms with Crippen molar-refractivity contribution in [3.8, 4) is 11.6 Å². The molecule has 0 radical (unpaired) electrons. The Labute approximate surface area is 120 Å². The standard InChI is InChI=1S/C16H21N3O/c1-5-11-6-7-13(12(8-11)16(2,3)4)20-15-9-14(17)18-10-19-15/h6-10H,5H2,1-4H3,(H2,17,18,19). The lowest BCUT2D eigenvalue weighted by Crippen LogP contribution is -2.13. The SMILES string of the molecule is CCc1ccc(Oc2cc(N)ncn2)c(C(C)(C)C)c1. The first-order valence-corrected chi connectivity index (χ1v) is 6.79. The predicted molar refractivity (Wildman–Crippen MR) is 81.0 cm³/mol. The molecule has 0 aliphatic heterocycles. The molecule has 20 heavy (non-hydrogen) atoms. The molecular weight excluding hydrogens is 250 g/mol. The van der Waals surface area contributed by atoms with E-state index in [2.05, 4.69) is 49.8 Å². The van der Waals surface area contributed by atoms with Gasteiger partial charge >= 0.3 is 0 Å². The van der Waals surface area contributed by atoms with Crippen LogP contribution in [-0.4, -0.2) is 9.97 Å². The average Bonchev–Trinajstić information content (AvgIpc) is 2.38. The number of anilines is 1. The maximum absolute atomic E-state index is 5.89. The highest BCUT2D eigenvalue weighted by atomic mass is 16.5. The van der Waals surface area contributed by atoms with Crippen molar-refractivity contribution in [3.05, 3.63) is 41.7 Å². The van der Waals surface area contributed by atoms with Crippen LogP contribution in [0.5, 0.6) is 11.6 Å². The zero-order valence-corrected chi connectivity index (χ0v) is 12.5. The van der Waals surface area contributed by atoms with E-state index in [1.807, 2.05) is 6.07 Å². The van der Waals surface area contributed by atoms with Gasteiger partial charge in [0.15, 0.2) is 0 Å². The van der Waals surface area contributed by atoms with Gasteiger partial charge in [0.1, 0.15) is 17.9 Å². The first-order valence-electron chi connectivity index (χ1n) is 6.79. The molecule has 0 unspecified atom stereocenters. The molecule has 4 nitrogen and oxygen atoms in total. The van der Waals surface area contributed by atoms with Crippen LogP contribution >= 0.6 is 0 Å². The fourth-order valence-electron chi connectivity index (χ4n) is 1.99. The van der Waals surface area contributed by atoms with Gasteiger partial charge in [-0.1, -0.05) is 39.8 Å². The third-order valence-corrected chi connectivity index (χ3v) is 3.14. The zero-order valence-electron chi connectivity index (χ0n) is 12.5. The third-order valence-electron chi connectivity index (χ3n) is 3.14. The summed E-state index contributed by atoms with van der Waals surface area (Å²) in [6.07, 6.45) is 2.41. The summed E-state index contributed by atoms with van der Waals surface area (Å²) in [6, 6.07) is 7.90. The summed E-state index contributed by atoms with van der Waals surface area (Å²) in [5.74, 6) is 1.68. The highest BCUT2D eigenvalue weighted by Crippen LogP contribution is 2.34. The number of benzene rings is 1. The van der Waals surface area contributed by atoms with Crippen LogP contribution in [0, 0.1) is 0 Å². The van der Waals surface area contributed by atoms with Gasteiger partial charge in [-0.2, -0.15) is 0 Å². The van der Waals surface area contributed by atoms with E-state index in [1.165, 1.54) is 11.9 Å². The Morgan fingerprint density at radius 1 is 1.15 bits per heavy atom. The lowest BCUT2D eigenvalue weighted by Gasteiger charge is -2.23. The van der Waals surface area contributed by atoms with E-state index in [1.54, 1.807) is 6.07 Å². The second-order valence-electron chi connectivity index (χ2n) is 5.82. The number of rotatable bonds is 3. The number of nitrogen functional groups attached to an aromatic ring is 1. The Morgan fingerprint density at radius 3 is 2.50 bits per heavy atom. The first kappa shape index (κ1) is 14.3. The summed E-state index contributed by atoms with van der Waals surface area (Å²) in [6.45, 7) is 8.66. The molecule has 1 aromatic heterocycles. The summed E-state index contributed by atoms with van der Waals surface area (Å²) in [7, 11) is 0. The van der Waals surface area contributed by atoms with Gasteiger partial charge in [0.25, 0.3) is 0 Å². The molecule has 0 fully saturated rings. The van der Waals surface area contributed by atoms with Gasteiger partial charge in [0.2, 0.25) is 5.88 Å². The van der Waals surface area contributed by atoms with Crippen molar-refractivity contribution in [1.29, 1.82) is 0 Å². The molecule has 2 aromatic rings. The predicted octanol–water partition coefficient (Wildman–Crippen LogP) is 3.71. The Kier molecular flexibility index (Phi) is 3.93. The molecule has 0 saturated heterocycles. The van der Waals surface area contributed by atoms with Crippen LogP contribution in [0.2, 0.25) is 0 Å². The van der Waals surface area contributed by atoms with Crippen molar-refractivity contribution in [2.45, 2.75) is 39.5 Å². The molecule has 0 bridgehead atoms. The summed E-state index contributed by atoms with van der Waals surface area (Å²) < 4.78 is 5.89. The molecule has 0 spiro atoms. The minimum absolute atomic E-state index is 0.000904. The summed E-state index contributed by atoms with van der Waals surface area (Å²) in [4.78, 5) is 7.95. The summed E-state index contributed by atoms with van der Waals surface area (Å²) >= 11 is 0. The summed E-state index contributed by atoms with van der Waals surface area (Å²) in [5.41, 5.74) is 8.11. The Hall–Kier alpha value is -2.10. The van der Waals surface area contributed by atoms with E-state index in [0.717, 1.165) is 17.7 Å². The zero-order chi connectivity index (χ0) is 14.8. The van der Waals surface area contributed by atoms with Crippen molar-refractivity contribution < 1.29 is 4.74 Å². The third kappa shape index (κ3) is 3.26. The summed E-state index contributed by atoms with van der Waals surface area (Å²) in [5, 5.41) is 0. The molecule has 0 saturated carbocycles. The smallest absolute Gasteiger partial charge is 0.224 e. The molecule has 0 amide bonds. The van der Waals surface area contributed by atoms with E-state index in [4.69, 9.17) is 10.5 Å². The van der Waals surface area contributed by atoms with Crippen molar-refractivity contribution in [3.63, 3.8) is 0 Å². The fourth-order valence-corrected chi connectivity index (χ4v) is 1.99. The number of nitrogens with two attached hydrogens (primary N) is 1. The number of hydrogen-bond acceptors (Lipinski definition) is 4. The van der Waals surface area contributed by atoms with E-state index in [9.17, 15) is 0 Å². The Morgan fingerprint density at radius 2 is 1.90 bits per heavy atom. The molecule has 1 heterocycles. The number of aromatic nitrogens is 2. The van der Waals surface area contributed by atoms with Gasteiger partial charge in [-0.15, -0.1) is 0 Å². The van der Waals surface area contributed by atoms with Gasteiger partial charge < -0.3 is 10.5 Å². The molecule has 106 valence electrons. The normalized spacial score (nSPS) is 11.4. The van der Waals surface area contributed by atoms with Crippen LogP contribution in [0.1, 0.15) is 38.8 Å². The molecule has 0 aliphatic carbocycles. The van der Waals surface area contributed by atoms with Crippen molar-refractivity contribution in [1.82, 2.24) is 9.97 Å². The molecule has 4 heteroatoms. The molecule has 2 rings (SSSR count). The topological polar surface area (TPSA) is 61.0 Å². The van der Waals surface area contributed by atoms with Crippen LogP contribution in [-0.2, 0) is 11.8 Å². The highest BCUT2D eigenvalue weighted by molar-refractivity contribution is 5.44. The quantitative estimate of drug-likeness (QED) is 0.924. The minimum Gasteiger partial charge on any atom is -0.439 e. The monoisotopic (exact) mass is 271 g/mol. The Balaban J connectivity index is 2.41. The highest BCUT2D eigenvalue weighted by Gasteiger charge is 2.20. The van der Waals surface area contributed by atoms with Gasteiger partial charge in [-0.3, -0.25) is 0 Å². The van der Waals surface area contributed by atoms with Gasteiger partial charge in [0.05, 0.1) is 0 Å². The molecule has 0 atom stereocenters. The van der Waals surface area contributed by atoms with Crippen LogP contribution in [0.25, 0.3) is 0 Å². The lowest BCUT2D eigenvalue weighted by molar-refractivity contribution is 0.439. The van der Waals surface area contributed by atoms with E-state index >= 15 is 0 Å².